The molecule has 0 unspecified atom stereocenters. The number of hydrogen-bond acceptors (Lipinski definition) is 4. The zero-order valence-electron chi connectivity index (χ0n) is 18.8. The van der Waals surface area contributed by atoms with E-state index in [0.717, 1.165) is 57.8 Å². The van der Waals surface area contributed by atoms with Gasteiger partial charge in [0.2, 0.25) is 0 Å². The number of nitrogens with one attached hydrogen (secondary N) is 2. The lowest BCUT2D eigenvalue weighted by atomic mass is 9.93. The minimum atomic E-state index is -0.283. The molecule has 0 atom stereocenters. The van der Waals surface area contributed by atoms with Gasteiger partial charge in [-0.05, 0) is 69.4 Å². The Labute approximate surface area is 187 Å². The van der Waals surface area contributed by atoms with E-state index in [1.807, 2.05) is 64.1 Å². The molecular formula is C26H27N3O3. The third-order valence-electron chi connectivity index (χ3n) is 6.07. The van der Waals surface area contributed by atoms with Crippen LogP contribution in [0, 0.1) is 27.7 Å². The summed E-state index contributed by atoms with van der Waals surface area (Å²) in [5.74, 6) is 0.491. The molecule has 6 heteroatoms. The normalized spacial score (nSPS) is 14.2. The van der Waals surface area contributed by atoms with Crippen molar-refractivity contribution in [2.24, 2.45) is 5.10 Å². The standard InChI is InChI=1S/C26H27N3O3/c1-15-10-7-12-20(17(15)3)27-26(31)24-18(4)23-21(13-8-14-22(23)32-24)28-29-25(30)19-11-6-5-9-16(19)2/h5-7,9-12H,8,13-14H2,1-4H3,(H,27,31)(H,29,30)/b28-21+. The first-order valence-corrected chi connectivity index (χ1v) is 10.8. The number of nitrogens with zero attached hydrogens (tertiary/aromatic N) is 1. The van der Waals surface area contributed by atoms with Crippen LogP contribution in [0.25, 0.3) is 0 Å². The lowest BCUT2D eigenvalue weighted by molar-refractivity contribution is 0.0953. The zero-order valence-corrected chi connectivity index (χ0v) is 18.8. The molecule has 1 aliphatic carbocycles. The average molecular weight is 430 g/mol. The van der Waals surface area contributed by atoms with Gasteiger partial charge < -0.3 is 9.73 Å². The Morgan fingerprint density at radius 1 is 0.875 bits per heavy atom. The third-order valence-corrected chi connectivity index (χ3v) is 6.07. The summed E-state index contributed by atoms with van der Waals surface area (Å²) in [6, 6.07) is 13.2. The number of amides is 2. The van der Waals surface area contributed by atoms with Crippen LogP contribution in [-0.2, 0) is 6.42 Å². The summed E-state index contributed by atoms with van der Waals surface area (Å²) < 4.78 is 5.98. The summed E-state index contributed by atoms with van der Waals surface area (Å²) in [6.07, 6.45) is 2.29. The molecule has 0 bridgehead atoms. The molecule has 0 fully saturated rings. The van der Waals surface area contributed by atoms with E-state index in [1.54, 1.807) is 6.07 Å². The second-order valence-corrected chi connectivity index (χ2v) is 8.22. The van der Waals surface area contributed by atoms with Gasteiger partial charge in [0.05, 0.1) is 5.71 Å². The summed E-state index contributed by atoms with van der Waals surface area (Å²) in [7, 11) is 0. The molecule has 1 aliphatic rings. The molecule has 0 spiro atoms. The second kappa shape index (κ2) is 8.83. The number of anilines is 1. The molecule has 0 saturated carbocycles. The summed E-state index contributed by atoms with van der Waals surface area (Å²) >= 11 is 0. The minimum absolute atomic E-state index is 0.253. The number of fused-ring (bicyclic) bond motifs is 1. The van der Waals surface area contributed by atoms with Crippen molar-refractivity contribution >= 4 is 23.2 Å². The second-order valence-electron chi connectivity index (χ2n) is 8.22. The quantitative estimate of drug-likeness (QED) is 0.557. The first kappa shape index (κ1) is 21.6. The lowest BCUT2D eigenvalue weighted by Crippen LogP contribution is -2.22. The highest BCUT2D eigenvalue weighted by Gasteiger charge is 2.28. The molecule has 0 aliphatic heterocycles. The average Bonchev–Trinajstić information content (AvgIpc) is 3.13. The SMILES string of the molecule is Cc1ccccc1C(=O)N/N=C1\CCCc2oc(C(=O)Nc3cccc(C)c3C)c(C)c21. The van der Waals surface area contributed by atoms with Crippen molar-refractivity contribution in [1.82, 2.24) is 5.43 Å². The van der Waals surface area contributed by atoms with Crippen molar-refractivity contribution in [3.63, 3.8) is 0 Å². The Bertz CT molecular complexity index is 1240. The number of benzene rings is 2. The van der Waals surface area contributed by atoms with Gasteiger partial charge in [-0.15, -0.1) is 0 Å². The molecule has 32 heavy (non-hydrogen) atoms. The maximum absolute atomic E-state index is 13.0. The molecule has 0 radical (unpaired) electrons. The molecule has 2 N–H and O–H groups in total. The van der Waals surface area contributed by atoms with Gasteiger partial charge in [0.1, 0.15) is 5.76 Å². The molecule has 3 aromatic rings. The smallest absolute Gasteiger partial charge is 0.291 e. The van der Waals surface area contributed by atoms with Crippen LogP contribution in [0.4, 0.5) is 5.69 Å². The van der Waals surface area contributed by atoms with E-state index in [-0.39, 0.29) is 17.6 Å². The van der Waals surface area contributed by atoms with E-state index in [2.05, 4.69) is 15.8 Å². The number of aryl methyl sites for hydroxylation is 3. The lowest BCUT2D eigenvalue weighted by Gasteiger charge is -2.13. The maximum Gasteiger partial charge on any atom is 0.291 e. The number of carbonyl (C=O) groups is 2. The van der Waals surface area contributed by atoms with E-state index in [9.17, 15) is 9.59 Å². The van der Waals surface area contributed by atoms with Gasteiger partial charge in [-0.25, -0.2) is 5.43 Å². The van der Waals surface area contributed by atoms with Gasteiger partial charge in [-0.3, -0.25) is 9.59 Å². The van der Waals surface area contributed by atoms with Crippen molar-refractivity contribution in [3.05, 3.63) is 87.4 Å². The fourth-order valence-electron chi connectivity index (χ4n) is 4.07. The van der Waals surface area contributed by atoms with Crippen LogP contribution in [0.3, 0.4) is 0 Å². The van der Waals surface area contributed by atoms with Crippen LogP contribution < -0.4 is 10.7 Å². The van der Waals surface area contributed by atoms with Gasteiger partial charge in [0, 0.05) is 28.8 Å². The van der Waals surface area contributed by atoms with Crippen molar-refractivity contribution in [1.29, 1.82) is 0 Å². The Balaban J connectivity index is 1.59. The Morgan fingerprint density at radius 2 is 1.62 bits per heavy atom. The monoisotopic (exact) mass is 429 g/mol. The number of rotatable bonds is 4. The predicted molar refractivity (Wildman–Crippen MR) is 125 cm³/mol. The highest BCUT2D eigenvalue weighted by molar-refractivity contribution is 6.09. The number of hydrogen-bond donors (Lipinski definition) is 2. The maximum atomic E-state index is 13.0. The molecule has 4 rings (SSSR count). The van der Waals surface area contributed by atoms with Crippen LogP contribution in [0.5, 0.6) is 0 Å². The summed E-state index contributed by atoms with van der Waals surface area (Å²) in [5, 5.41) is 7.38. The van der Waals surface area contributed by atoms with E-state index < -0.39 is 0 Å². The molecule has 2 amide bonds. The van der Waals surface area contributed by atoms with E-state index in [0.29, 0.717) is 12.0 Å². The van der Waals surface area contributed by atoms with Crippen LogP contribution in [0.15, 0.2) is 52.0 Å². The zero-order chi connectivity index (χ0) is 22.8. The molecular weight excluding hydrogens is 402 g/mol. The van der Waals surface area contributed by atoms with Crippen LogP contribution in [0.2, 0.25) is 0 Å². The first-order valence-electron chi connectivity index (χ1n) is 10.8. The Kier molecular flexibility index (Phi) is 5.95. The molecule has 1 heterocycles. The molecule has 1 aromatic heterocycles. The van der Waals surface area contributed by atoms with Crippen LogP contribution in [0.1, 0.15) is 67.3 Å². The molecule has 2 aromatic carbocycles. The van der Waals surface area contributed by atoms with Crippen molar-refractivity contribution in [2.45, 2.75) is 47.0 Å². The van der Waals surface area contributed by atoms with Gasteiger partial charge in [0.25, 0.3) is 11.8 Å². The minimum Gasteiger partial charge on any atom is -0.455 e. The summed E-state index contributed by atoms with van der Waals surface area (Å²) in [6.45, 7) is 7.74. The number of hydrazone groups is 1. The van der Waals surface area contributed by atoms with Gasteiger partial charge in [0.15, 0.2) is 5.76 Å². The fraction of sp³-hybridized carbons (Fsp3) is 0.269. The highest BCUT2D eigenvalue weighted by atomic mass is 16.4. The van der Waals surface area contributed by atoms with E-state index >= 15 is 0 Å². The molecule has 6 nitrogen and oxygen atoms in total. The first-order chi connectivity index (χ1) is 15.4. The van der Waals surface area contributed by atoms with Crippen LogP contribution >= 0.6 is 0 Å². The third kappa shape index (κ3) is 4.08. The number of furan rings is 1. The van der Waals surface area contributed by atoms with E-state index in [4.69, 9.17) is 4.42 Å². The van der Waals surface area contributed by atoms with Gasteiger partial charge in [-0.1, -0.05) is 30.3 Å². The number of carbonyl (C=O) groups excluding carboxylic acids is 2. The van der Waals surface area contributed by atoms with Crippen molar-refractivity contribution in [2.75, 3.05) is 5.32 Å². The van der Waals surface area contributed by atoms with E-state index in [1.165, 1.54) is 0 Å². The summed E-state index contributed by atoms with van der Waals surface area (Å²) in [5.41, 5.74) is 9.36. The fourth-order valence-corrected chi connectivity index (χ4v) is 4.07. The predicted octanol–water partition coefficient (Wildman–Crippen LogP) is 5.24. The molecule has 164 valence electrons. The van der Waals surface area contributed by atoms with Crippen molar-refractivity contribution in [3.8, 4) is 0 Å². The Hall–Kier alpha value is -3.67. The van der Waals surface area contributed by atoms with Gasteiger partial charge >= 0.3 is 0 Å². The molecule has 0 saturated heterocycles. The Morgan fingerprint density at radius 3 is 2.41 bits per heavy atom. The topological polar surface area (TPSA) is 83.7 Å². The highest BCUT2D eigenvalue weighted by Crippen LogP contribution is 2.30. The van der Waals surface area contributed by atoms with Crippen molar-refractivity contribution < 1.29 is 14.0 Å². The largest absolute Gasteiger partial charge is 0.455 e. The van der Waals surface area contributed by atoms with Crippen LogP contribution in [-0.4, -0.2) is 17.5 Å². The van der Waals surface area contributed by atoms with Gasteiger partial charge in [-0.2, -0.15) is 5.10 Å². The summed E-state index contributed by atoms with van der Waals surface area (Å²) in [4.78, 5) is 25.6.